The van der Waals surface area contributed by atoms with Crippen molar-refractivity contribution in [3.63, 3.8) is 0 Å². The van der Waals surface area contributed by atoms with Gasteiger partial charge in [-0.25, -0.2) is 0 Å². The summed E-state index contributed by atoms with van der Waals surface area (Å²) in [5.41, 5.74) is 0.678. The molecule has 1 aliphatic carbocycles. The Morgan fingerprint density at radius 3 is 2.85 bits per heavy atom. The van der Waals surface area contributed by atoms with Crippen molar-refractivity contribution in [1.29, 1.82) is 0 Å². The fraction of sp³-hybridized carbons (Fsp3) is 1.00. The van der Waals surface area contributed by atoms with Crippen molar-refractivity contribution in [3.05, 3.63) is 0 Å². The lowest BCUT2D eigenvalue weighted by atomic mass is 10.0. The van der Waals surface area contributed by atoms with Crippen LogP contribution in [0.15, 0.2) is 0 Å². The monoisotopic (exact) mass is 183 g/mol. The van der Waals surface area contributed by atoms with Gasteiger partial charge in [-0.05, 0) is 37.5 Å². The molecule has 2 heteroatoms. The molecule has 0 amide bonds. The molecule has 1 heterocycles. The number of nitrogens with one attached hydrogen (secondary N) is 1. The highest BCUT2D eigenvalue weighted by Gasteiger charge is 2.40. The maximum Gasteiger partial charge on any atom is 0.0619 e. The topological polar surface area (TPSA) is 21.3 Å². The lowest BCUT2D eigenvalue weighted by Crippen LogP contribution is -2.39. The summed E-state index contributed by atoms with van der Waals surface area (Å²) >= 11 is 0. The molecule has 1 aliphatic heterocycles. The normalized spacial score (nSPS) is 31.6. The molecular formula is C11H21NO. The highest BCUT2D eigenvalue weighted by molar-refractivity contribution is 4.94. The average Bonchev–Trinajstić information content (AvgIpc) is 2.97. The van der Waals surface area contributed by atoms with Crippen LogP contribution in [0.1, 0.15) is 39.0 Å². The van der Waals surface area contributed by atoms with E-state index in [2.05, 4.69) is 12.2 Å². The fourth-order valence-electron chi connectivity index (χ4n) is 2.09. The second kappa shape index (κ2) is 3.97. The number of hydrogen-bond donors (Lipinski definition) is 1. The molecular weight excluding hydrogens is 162 g/mol. The smallest absolute Gasteiger partial charge is 0.0619 e. The Labute approximate surface area is 81.0 Å². The van der Waals surface area contributed by atoms with Gasteiger partial charge in [-0.2, -0.15) is 0 Å². The molecule has 1 N–H and O–H groups in total. The molecule has 0 bridgehead atoms. The van der Waals surface area contributed by atoms with Crippen LogP contribution in [-0.2, 0) is 4.74 Å². The van der Waals surface area contributed by atoms with Crippen LogP contribution in [0, 0.1) is 5.41 Å². The highest BCUT2D eigenvalue weighted by Crippen LogP contribution is 2.47. The van der Waals surface area contributed by atoms with E-state index in [4.69, 9.17) is 4.74 Å². The van der Waals surface area contributed by atoms with Gasteiger partial charge in [0.2, 0.25) is 0 Å². The number of hydrogen-bond acceptors (Lipinski definition) is 2. The largest absolute Gasteiger partial charge is 0.380 e. The van der Waals surface area contributed by atoms with Gasteiger partial charge in [-0.15, -0.1) is 0 Å². The van der Waals surface area contributed by atoms with E-state index in [0.29, 0.717) is 11.5 Å². The minimum atomic E-state index is 0.637. The first-order valence-corrected chi connectivity index (χ1v) is 5.66. The molecule has 2 rings (SSSR count). The SMILES string of the molecule is CCC1(CNC2CCCOC2)CC1. The molecule has 1 saturated carbocycles. The number of ether oxygens (including phenoxy) is 1. The van der Waals surface area contributed by atoms with Crippen LogP contribution < -0.4 is 5.32 Å². The average molecular weight is 183 g/mol. The van der Waals surface area contributed by atoms with Crippen LogP contribution in [0.2, 0.25) is 0 Å². The standard InChI is InChI=1S/C11H21NO/c1-2-11(5-6-11)9-12-10-4-3-7-13-8-10/h10,12H,2-9H2,1H3. The first kappa shape index (κ1) is 9.47. The van der Waals surface area contributed by atoms with E-state index in [-0.39, 0.29) is 0 Å². The molecule has 2 nitrogen and oxygen atoms in total. The second-order valence-electron chi connectivity index (χ2n) is 4.65. The van der Waals surface area contributed by atoms with Crippen molar-refractivity contribution in [3.8, 4) is 0 Å². The van der Waals surface area contributed by atoms with E-state index in [9.17, 15) is 0 Å². The lowest BCUT2D eigenvalue weighted by molar-refractivity contribution is 0.0685. The third-order valence-electron chi connectivity index (χ3n) is 3.63. The summed E-state index contributed by atoms with van der Waals surface area (Å²) in [5.74, 6) is 0. The molecule has 0 radical (unpaired) electrons. The zero-order chi connectivity index (χ0) is 9.15. The van der Waals surface area contributed by atoms with Crippen molar-refractivity contribution in [2.75, 3.05) is 19.8 Å². The lowest BCUT2D eigenvalue weighted by Gasteiger charge is -2.25. The molecule has 2 fully saturated rings. The third-order valence-corrected chi connectivity index (χ3v) is 3.63. The van der Waals surface area contributed by atoms with Gasteiger partial charge < -0.3 is 10.1 Å². The van der Waals surface area contributed by atoms with Gasteiger partial charge in [0.25, 0.3) is 0 Å². The summed E-state index contributed by atoms with van der Waals surface area (Å²) in [4.78, 5) is 0. The van der Waals surface area contributed by atoms with Gasteiger partial charge in [0, 0.05) is 19.2 Å². The van der Waals surface area contributed by atoms with Gasteiger partial charge in [0.15, 0.2) is 0 Å². The Morgan fingerprint density at radius 2 is 2.31 bits per heavy atom. The van der Waals surface area contributed by atoms with Gasteiger partial charge in [-0.3, -0.25) is 0 Å². The highest BCUT2D eigenvalue weighted by atomic mass is 16.5. The van der Waals surface area contributed by atoms with Crippen molar-refractivity contribution < 1.29 is 4.74 Å². The second-order valence-corrected chi connectivity index (χ2v) is 4.65. The summed E-state index contributed by atoms with van der Waals surface area (Å²) in [5, 5.41) is 3.65. The molecule has 1 atom stereocenters. The molecule has 2 aliphatic rings. The predicted molar refractivity (Wildman–Crippen MR) is 53.8 cm³/mol. The Kier molecular flexibility index (Phi) is 2.89. The molecule has 13 heavy (non-hydrogen) atoms. The molecule has 0 aromatic carbocycles. The Balaban J connectivity index is 1.66. The molecule has 76 valence electrons. The molecule has 1 saturated heterocycles. The molecule has 1 unspecified atom stereocenters. The summed E-state index contributed by atoms with van der Waals surface area (Å²) < 4.78 is 5.44. The van der Waals surface area contributed by atoms with E-state index in [0.717, 1.165) is 13.2 Å². The van der Waals surface area contributed by atoms with E-state index < -0.39 is 0 Å². The third kappa shape index (κ3) is 2.44. The Morgan fingerprint density at radius 1 is 1.46 bits per heavy atom. The van der Waals surface area contributed by atoms with E-state index in [1.54, 1.807) is 0 Å². The first-order chi connectivity index (χ1) is 6.35. The molecule has 0 aromatic heterocycles. The van der Waals surface area contributed by atoms with Crippen molar-refractivity contribution >= 4 is 0 Å². The Bertz CT molecular complexity index is 159. The Hall–Kier alpha value is -0.0800. The van der Waals surface area contributed by atoms with Gasteiger partial charge in [0.1, 0.15) is 0 Å². The predicted octanol–water partition coefficient (Wildman–Crippen LogP) is 1.95. The van der Waals surface area contributed by atoms with Gasteiger partial charge >= 0.3 is 0 Å². The first-order valence-electron chi connectivity index (χ1n) is 5.66. The van der Waals surface area contributed by atoms with Crippen LogP contribution >= 0.6 is 0 Å². The van der Waals surface area contributed by atoms with E-state index >= 15 is 0 Å². The van der Waals surface area contributed by atoms with Crippen molar-refractivity contribution in [2.24, 2.45) is 5.41 Å². The molecule has 0 spiro atoms. The molecule has 0 aromatic rings. The summed E-state index contributed by atoms with van der Waals surface area (Å²) in [6.45, 7) is 5.43. The maximum absolute atomic E-state index is 5.44. The van der Waals surface area contributed by atoms with E-state index in [1.807, 2.05) is 0 Å². The minimum Gasteiger partial charge on any atom is -0.380 e. The van der Waals surface area contributed by atoms with Crippen LogP contribution in [0.4, 0.5) is 0 Å². The fourth-order valence-corrected chi connectivity index (χ4v) is 2.09. The zero-order valence-electron chi connectivity index (χ0n) is 8.64. The van der Waals surface area contributed by atoms with Crippen molar-refractivity contribution in [2.45, 2.75) is 45.1 Å². The van der Waals surface area contributed by atoms with Crippen LogP contribution in [0.25, 0.3) is 0 Å². The van der Waals surface area contributed by atoms with Gasteiger partial charge in [0.05, 0.1) is 6.61 Å². The van der Waals surface area contributed by atoms with Crippen LogP contribution in [-0.4, -0.2) is 25.8 Å². The van der Waals surface area contributed by atoms with E-state index in [1.165, 1.54) is 38.6 Å². The zero-order valence-corrected chi connectivity index (χ0v) is 8.64. The van der Waals surface area contributed by atoms with Gasteiger partial charge in [-0.1, -0.05) is 6.92 Å². The van der Waals surface area contributed by atoms with Crippen molar-refractivity contribution in [1.82, 2.24) is 5.32 Å². The summed E-state index contributed by atoms with van der Waals surface area (Å²) in [7, 11) is 0. The number of rotatable bonds is 4. The maximum atomic E-state index is 5.44. The van der Waals surface area contributed by atoms with Crippen LogP contribution in [0.3, 0.4) is 0 Å². The minimum absolute atomic E-state index is 0.637. The quantitative estimate of drug-likeness (QED) is 0.719. The summed E-state index contributed by atoms with van der Waals surface area (Å²) in [6, 6.07) is 0.637. The summed E-state index contributed by atoms with van der Waals surface area (Å²) in [6.07, 6.45) is 6.75. The van der Waals surface area contributed by atoms with Crippen LogP contribution in [0.5, 0.6) is 0 Å².